The SMILES string of the molecule is CC(=O)N[C@@H]1C[C@@H]2CN(Cc3cncs3)C[C@@H]2C[C@H]1OCC1CC1. The largest absolute Gasteiger partial charge is 0.376 e. The van der Waals surface area contributed by atoms with E-state index in [-0.39, 0.29) is 18.1 Å². The quantitative estimate of drug-likeness (QED) is 0.856. The lowest BCUT2D eigenvalue weighted by molar-refractivity contribution is -0.122. The molecule has 0 radical (unpaired) electrons. The molecule has 1 aromatic heterocycles. The number of likely N-dealkylation sites (tertiary alicyclic amines) is 1. The van der Waals surface area contributed by atoms with Crippen molar-refractivity contribution in [3.05, 3.63) is 16.6 Å². The Bertz CT molecular complexity index is 561. The van der Waals surface area contributed by atoms with E-state index in [9.17, 15) is 4.79 Å². The molecule has 132 valence electrons. The Labute approximate surface area is 147 Å². The van der Waals surface area contributed by atoms with Crippen LogP contribution < -0.4 is 5.32 Å². The fraction of sp³-hybridized carbons (Fsp3) is 0.778. The third-order valence-corrected chi connectivity index (χ3v) is 6.45. The number of amides is 1. The van der Waals surface area contributed by atoms with Crippen LogP contribution in [0.3, 0.4) is 0 Å². The Kier molecular flexibility index (Phi) is 4.88. The normalized spacial score (nSPS) is 33.4. The molecular weight excluding hydrogens is 322 g/mol. The zero-order chi connectivity index (χ0) is 16.5. The standard InChI is InChI=1S/C18H27N3O2S/c1-12(22)20-17-4-14-7-21(9-16-6-19-11-24-16)8-15(14)5-18(17)23-10-13-2-3-13/h6,11,13-15,17-18H,2-5,7-10H2,1H3,(H,20,22)/t14-,15+,17-,18-/m1/s1. The molecule has 3 fully saturated rings. The predicted molar refractivity (Wildman–Crippen MR) is 93.7 cm³/mol. The lowest BCUT2D eigenvalue weighted by atomic mass is 9.77. The summed E-state index contributed by atoms with van der Waals surface area (Å²) in [7, 11) is 0. The molecule has 24 heavy (non-hydrogen) atoms. The Morgan fingerprint density at radius 3 is 2.83 bits per heavy atom. The summed E-state index contributed by atoms with van der Waals surface area (Å²) in [5.74, 6) is 2.22. The minimum absolute atomic E-state index is 0.0676. The summed E-state index contributed by atoms with van der Waals surface area (Å²) in [5.41, 5.74) is 1.91. The highest BCUT2D eigenvalue weighted by Crippen LogP contribution is 2.39. The van der Waals surface area contributed by atoms with E-state index < -0.39 is 0 Å². The average Bonchev–Trinajstić information content (AvgIpc) is 3.07. The van der Waals surface area contributed by atoms with Crippen molar-refractivity contribution >= 4 is 17.2 Å². The van der Waals surface area contributed by atoms with Crippen LogP contribution in [0.1, 0.15) is 37.5 Å². The summed E-state index contributed by atoms with van der Waals surface area (Å²) >= 11 is 1.74. The van der Waals surface area contributed by atoms with Gasteiger partial charge in [-0.3, -0.25) is 14.7 Å². The van der Waals surface area contributed by atoms with Gasteiger partial charge < -0.3 is 10.1 Å². The molecule has 1 N–H and O–H groups in total. The average molecular weight is 350 g/mol. The number of ether oxygens (including phenoxy) is 1. The molecule has 5 nitrogen and oxygen atoms in total. The molecule has 1 aliphatic heterocycles. The number of hydrogen-bond acceptors (Lipinski definition) is 5. The zero-order valence-electron chi connectivity index (χ0n) is 14.3. The molecule has 6 heteroatoms. The number of aromatic nitrogens is 1. The van der Waals surface area contributed by atoms with E-state index in [1.165, 1.54) is 17.7 Å². The van der Waals surface area contributed by atoms with Crippen LogP contribution in [0.15, 0.2) is 11.7 Å². The summed E-state index contributed by atoms with van der Waals surface area (Å²) in [5, 5.41) is 3.16. The van der Waals surface area contributed by atoms with Crippen molar-refractivity contribution in [2.45, 2.75) is 51.3 Å². The number of thiazole rings is 1. The molecule has 1 aromatic rings. The molecule has 4 atom stereocenters. The summed E-state index contributed by atoms with van der Waals surface area (Å²) in [4.78, 5) is 19.7. The molecule has 0 unspecified atom stereocenters. The van der Waals surface area contributed by atoms with Crippen molar-refractivity contribution in [2.75, 3.05) is 19.7 Å². The summed E-state index contributed by atoms with van der Waals surface area (Å²) in [6.07, 6.45) is 6.94. The van der Waals surface area contributed by atoms with Crippen LogP contribution in [0.2, 0.25) is 0 Å². The number of nitrogens with one attached hydrogen (secondary N) is 1. The third-order valence-electron chi connectivity index (χ3n) is 5.69. The molecule has 0 aromatic carbocycles. The minimum Gasteiger partial charge on any atom is -0.376 e. The molecule has 2 saturated carbocycles. The van der Waals surface area contributed by atoms with Gasteiger partial charge in [0, 0.05) is 44.2 Å². The first-order chi connectivity index (χ1) is 11.7. The lowest BCUT2D eigenvalue weighted by Gasteiger charge is -2.38. The molecule has 2 aliphatic carbocycles. The van der Waals surface area contributed by atoms with Crippen LogP contribution in [0.25, 0.3) is 0 Å². The van der Waals surface area contributed by atoms with Crippen molar-refractivity contribution < 1.29 is 9.53 Å². The van der Waals surface area contributed by atoms with Crippen molar-refractivity contribution in [3.63, 3.8) is 0 Å². The Morgan fingerprint density at radius 1 is 1.38 bits per heavy atom. The topological polar surface area (TPSA) is 54.5 Å². The third kappa shape index (κ3) is 3.98. The van der Waals surface area contributed by atoms with E-state index >= 15 is 0 Å². The van der Waals surface area contributed by atoms with E-state index in [1.54, 1.807) is 18.3 Å². The van der Waals surface area contributed by atoms with Gasteiger partial charge >= 0.3 is 0 Å². The second-order valence-corrected chi connectivity index (χ2v) is 8.75. The van der Waals surface area contributed by atoms with Crippen LogP contribution in [0.4, 0.5) is 0 Å². The highest BCUT2D eigenvalue weighted by Gasteiger charge is 2.43. The first-order valence-electron chi connectivity index (χ1n) is 9.16. The molecule has 1 saturated heterocycles. The van der Waals surface area contributed by atoms with E-state index in [0.717, 1.165) is 45.0 Å². The van der Waals surface area contributed by atoms with Gasteiger partial charge in [0.2, 0.25) is 5.91 Å². The Hall–Kier alpha value is -0.980. The van der Waals surface area contributed by atoms with Gasteiger partial charge in [-0.1, -0.05) is 0 Å². The van der Waals surface area contributed by atoms with Crippen LogP contribution in [0, 0.1) is 17.8 Å². The van der Waals surface area contributed by atoms with Gasteiger partial charge in [-0.15, -0.1) is 11.3 Å². The minimum atomic E-state index is 0.0676. The number of hydrogen-bond donors (Lipinski definition) is 1. The van der Waals surface area contributed by atoms with Crippen LogP contribution in [0.5, 0.6) is 0 Å². The smallest absolute Gasteiger partial charge is 0.217 e. The summed E-state index contributed by atoms with van der Waals surface area (Å²) in [6.45, 7) is 5.79. The van der Waals surface area contributed by atoms with Gasteiger partial charge in [0.15, 0.2) is 0 Å². The number of nitrogens with zero attached hydrogens (tertiary/aromatic N) is 2. The molecular formula is C18H27N3O2S. The van der Waals surface area contributed by atoms with Gasteiger partial charge in [0.1, 0.15) is 0 Å². The van der Waals surface area contributed by atoms with Gasteiger partial charge in [-0.2, -0.15) is 0 Å². The van der Waals surface area contributed by atoms with Gasteiger partial charge in [0.25, 0.3) is 0 Å². The fourth-order valence-corrected chi connectivity index (χ4v) is 4.96. The number of carbonyl (C=O) groups is 1. The van der Waals surface area contributed by atoms with Gasteiger partial charge in [-0.05, 0) is 43.4 Å². The second-order valence-electron chi connectivity index (χ2n) is 7.78. The fourth-order valence-electron chi connectivity index (χ4n) is 4.32. The zero-order valence-corrected chi connectivity index (χ0v) is 15.1. The molecule has 4 rings (SSSR count). The Balaban J connectivity index is 1.37. The van der Waals surface area contributed by atoms with Crippen molar-refractivity contribution in [2.24, 2.45) is 17.8 Å². The number of carbonyl (C=O) groups excluding carboxylic acids is 1. The van der Waals surface area contributed by atoms with Crippen LogP contribution in [-0.4, -0.2) is 47.6 Å². The monoisotopic (exact) mass is 349 g/mol. The van der Waals surface area contributed by atoms with E-state index in [2.05, 4.69) is 15.2 Å². The van der Waals surface area contributed by atoms with Crippen LogP contribution in [-0.2, 0) is 16.1 Å². The molecule has 0 bridgehead atoms. The van der Waals surface area contributed by atoms with E-state index in [0.29, 0.717) is 11.8 Å². The Morgan fingerprint density at radius 2 is 2.17 bits per heavy atom. The first-order valence-corrected chi connectivity index (χ1v) is 10.0. The molecule has 1 amide bonds. The first kappa shape index (κ1) is 16.5. The lowest BCUT2D eigenvalue weighted by Crippen LogP contribution is -2.50. The summed E-state index contributed by atoms with van der Waals surface area (Å²) in [6, 6.07) is 0.186. The maximum atomic E-state index is 11.6. The van der Waals surface area contributed by atoms with E-state index in [4.69, 9.17) is 4.74 Å². The molecule has 3 aliphatic rings. The highest BCUT2D eigenvalue weighted by atomic mass is 32.1. The second kappa shape index (κ2) is 7.10. The number of fused-ring (bicyclic) bond motifs is 1. The molecule has 0 spiro atoms. The van der Waals surface area contributed by atoms with Gasteiger partial charge in [0.05, 0.1) is 17.7 Å². The molecule has 2 heterocycles. The van der Waals surface area contributed by atoms with Crippen molar-refractivity contribution in [3.8, 4) is 0 Å². The highest BCUT2D eigenvalue weighted by molar-refractivity contribution is 7.09. The van der Waals surface area contributed by atoms with E-state index in [1.807, 2.05) is 11.7 Å². The predicted octanol–water partition coefficient (Wildman–Crippen LogP) is 2.28. The summed E-state index contributed by atoms with van der Waals surface area (Å²) < 4.78 is 6.23. The number of rotatable bonds is 6. The maximum absolute atomic E-state index is 11.6. The van der Waals surface area contributed by atoms with Gasteiger partial charge in [-0.25, -0.2) is 0 Å². The van der Waals surface area contributed by atoms with Crippen molar-refractivity contribution in [1.29, 1.82) is 0 Å². The maximum Gasteiger partial charge on any atom is 0.217 e. The van der Waals surface area contributed by atoms with Crippen molar-refractivity contribution in [1.82, 2.24) is 15.2 Å². The van der Waals surface area contributed by atoms with Crippen LogP contribution >= 0.6 is 11.3 Å².